The third kappa shape index (κ3) is 2.96. The van der Waals surface area contributed by atoms with Crippen LogP contribution in [-0.2, 0) is 9.84 Å². The summed E-state index contributed by atoms with van der Waals surface area (Å²) in [7, 11) is -2.94. The maximum absolute atomic E-state index is 11.9. The van der Waals surface area contributed by atoms with E-state index in [1.807, 2.05) is 18.4 Å². The molecule has 1 fully saturated rings. The molecular weight excluding hydrogens is 308 g/mol. The summed E-state index contributed by atoms with van der Waals surface area (Å²) in [4.78, 5) is 9.78. The Morgan fingerprint density at radius 2 is 2.24 bits per heavy atom. The highest BCUT2D eigenvalue weighted by Gasteiger charge is 2.31. The van der Waals surface area contributed by atoms with Gasteiger partial charge in [0, 0.05) is 13.1 Å². The van der Waals surface area contributed by atoms with Crippen LogP contribution in [0.25, 0.3) is 10.2 Å². The number of anilines is 2. The molecule has 6 nitrogen and oxygen atoms in total. The van der Waals surface area contributed by atoms with Gasteiger partial charge in [-0.15, -0.1) is 11.3 Å². The van der Waals surface area contributed by atoms with E-state index in [4.69, 9.17) is 0 Å². The minimum absolute atomic E-state index is 0.302. The third-order valence-electron chi connectivity index (χ3n) is 3.62. The Morgan fingerprint density at radius 3 is 2.95 bits per heavy atom. The molecule has 1 aliphatic rings. The summed E-state index contributed by atoms with van der Waals surface area (Å²) >= 11 is 1.55. The number of thiophene rings is 1. The first-order valence-electron chi connectivity index (χ1n) is 7.04. The van der Waals surface area contributed by atoms with Crippen LogP contribution in [0, 0.1) is 0 Å². The van der Waals surface area contributed by atoms with Crippen molar-refractivity contribution in [2.75, 3.05) is 29.5 Å². The number of fused-ring (bicyclic) bond motifs is 1. The standard InChI is InChI=1S/C13H18N4O2S2/c1-2-14-13-16-11(10-5-6-20-12(10)17-13)15-8-9-4-3-7-21(9,18)19/h5-6,9H,2-4,7-8H2,1H3,(H2,14,15,16,17). The van der Waals surface area contributed by atoms with Crippen molar-refractivity contribution in [3.05, 3.63) is 11.4 Å². The fraction of sp³-hybridized carbons (Fsp3) is 0.538. The van der Waals surface area contributed by atoms with E-state index in [0.29, 0.717) is 24.1 Å². The maximum atomic E-state index is 11.9. The number of nitrogens with one attached hydrogen (secondary N) is 2. The highest BCUT2D eigenvalue weighted by Crippen LogP contribution is 2.27. The molecule has 114 valence electrons. The van der Waals surface area contributed by atoms with Gasteiger partial charge in [0.25, 0.3) is 0 Å². The highest BCUT2D eigenvalue weighted by molar-refractivity contribution is 7.92. The van der Waals surface area contributed by atoms with Gasteiger partial charge in [0.2, 0.25) is 5.95 Å². The summed E-state index contributed by atoms with van der Waals surface area (Å²) < 4.78 is 23.8. The lowest BCUT2D eigenvalue weighted by atomic mass is 10.2. The van der Waals surface area contributed by atoms with Gasteiger partial charge in [-0.05, 0) is 31.2 Å². The summed E-state index contributed by atoms with van der Waals surface area (Å²) in [5.41, 5.74) is 0. The second kappa shape index (κ2) is 5.76. The molecule has 1 unspecified atom stereocenters. The SMILES string of the molecule is CCNc1nc(NCC2CCCS2(=O)=O)c2ccsc2n1. The van der Waals surface area contributed by atoms with Crippen LogP contribution < -0.4 is 10.6 Å². The molecule has 2 aromatic rings. The summed E-state index contributed by atoms with van der Waals surface area (Å²) in [6.45, 7) is 3.14. The molecule has 2 N–H and O–H groups in total. The molecule has 0 aromatic carbocycles. The van der Waals surface area contributed by atoms with E-state index >= 15 is 0 Å². The Bertz CT molecular complexity index is 742. The molecule has 0 radical (unpaired) electrons. The van der Waals surface area contributed by atoms with Gasteiger partial charge in [0.15, 0.2) is 9.84 Å². The quantitative estimate of drug-likeness (QED) is 0.875. The summed E-state index contributed by atoms with van der Waals surface area (Å²) in [5.74, 6) is 1.59. The zero-order valence-electron chi connectivity index (χ0n) is 11.8. The molecule has 0 amide bonds. The normalized spacial score (nSPS) is 20.7. The fourth-order valence-electron chi connectivity index (χ4n) is 2.53. The average molecular weight is 326 g/mol. The zero-order valence-corrected chi connectivity index (χ0v) is 13.4. The first kappa shape index (κ1) is 14.5. The number of aromatic nitrogens is 2. The largest absolute Gasteiger partial charge is 0.368 e. The van der Waals surface area contributed by atoms with Crippen molar-refractivity contribution >= 4 is 43.2 Å². The Hall–Kier alpha value is -1.41. The highest BCUT2D eigenvalue weighted by atomic mass is 32.2. The number of nitrogens with zero attached hydrogens (tertiary/aromatic N) is 2. The maximum Gasteiger partial charge on any atom is 0.226 e. The predicted molar refractivity (Wildman–Crippen MR) is 86.9 cm³/mol. The van der Waals surface area contributed by atoms with Gasteiger partial charge in [0.1, 0.15) is 10.6 Å². The van der Waals surface area contributed by atoms with E-state index in [9.17, 15) is 8.42 Å². The molecule has 1 aliphatic heterocycles. The van der Waals surface area contributed by atoms with Crippen LogP contribution in [0.3, 0.4) is 0 Å². The van der Waals surface area contributed by atoms with Crippen molar-refractivity contribution in [3.8, 4) is 0 Å². The first-order valence-corrected chi connectivity index (χ1v) is 9.64. The Labute approximate surface area is 127 Å². The molecule has 2 aromatic heterocycles. The fourth-order valence-corrected chi connectivity index (χ4v) is 5.05. The molecule has 3 heterocycles. The molecule has 0 bridgehead atoms. The number of rotatable bonds is 5. The minimum Gasteiger partial charge on any atom is -0.368 e. The van der Waals surface area contributed by atoms with Crippen LogP contribution in [0.2, 0.25) is 0 Å². The molecule has 1 saturated heterocycles. The van der Waals surface area contributed by atoms with Crippen molar-refractivity contribution in [3.63, 3.8) is 0 Å². The molecule has 0 aliphatic carbocycles. The monoisotopic (exact) mass is 326 g/mol. The van der Waals surface area contributed by atoms with Crippen molar-refractivity contribution in [1.82, 2.24) is 9.97 Å². The molecule has 0 saturated carbocycles. The lowest BCUT2D eigenvalue weighted by Gasteiger charge is -2.13. The van der Waals surface area contributed by atoms with E-state index in [1.165, 1.54) is 0 Å². The molecule has 1 atom stereocenters. The van der Waals surface area contributed by atoms with Gasteiger partial charge in [-0.1, -0.05) is 0 Å². The third-order valence-corrected chi connectivity index (χ3v) is 6.70. The van der Waals surface area contributed by atoms with Gasteiger partial charge in [-0.3, -0.25) is 0 Å². The van der Waals surface area contributed by atoms with Gasteiger partial charge >= 0.3 is 0 Å². The van der Waals surface area contributed by atoms with E-state index in [-0.39, 0.29) is 5.25 Å². The van der Waals surface area contributed by atoms with Crippen molar-refractivity contribution in [2.24, 2.45) is 0 Å². The minimum atomic E-state index is -2.94. The van der Waals surface area contributed by atoms with Gasteiger partial charge < -0.3 is 10.6 Å². The summed E-state index contributed by atoms with van der Waals surface area (Å²) in [6, 6.07) is 1.96. The van der Waals surface area contributed by atoms with E-state index in [0.717, 1.165) is 29.6 Å². The van der Waals surface area contributed by atoms with E-state index in [1.54, 1.807) is 11.3 Å². The topological polar surface area (TPSA) is 84.0 Å². The van der Waals surface area contributed by atoms with Crippen LogP contribution in [0.5, 0.6) is 0 Å². The Kier molecular flexibility index (Phi) is 3.99. The number of sulfone groups is 1. The zero-order chi connectivity index (χ0) is 14.9. The van der Waals surface area contributed by atoms with Crippen LogP contribution in [-0.4, -0.2) is 42.5 Å². The van der Waals surface area contributed by atoms with E-state index < -0.39 is 9.84 Å². The van der Waals surface area contributed by atoms with Crippen LogP contribution in [0.1, 0.15) is 19.8 Å². The molecule has 8 heteroatoms. The molecule has 0 spiro atoms. The Morgan fingerprint density at radius 1 is 1.38 bits per heavy atom. The Balaban J connectivity index is 1.84. The lowest BCUT2D eigenvalue weighted by Crippen LogP contribution is -2.25. The average Bonchev–Trinajstić information content (AvgIpc) is 3.02. The van der Waals surface area contributed by atoms with Crippen molar-refractivity contribution in [2.45, 2.75) is 25.0 Å². The predicted octanol–water partition coefficient (Wildman–Crippen LogP) is 2.11. The second-order valence-electron chi connectivity index (χ2n) is 5.08. The second-order valence-corrected chi connectivity index (χ2v) is 8.37. The first-order chi connectivity index (χ1) is 10.1. The van der Waals surface area contributed by atoms with Crippen LogP contribution in [0.4, 0.5) is 11.8 Å². The van der Waals surface area contributed by atoms with Crippen LogP contribution in [0.15, 0.2) is 11.4 Å². The summed E-state index contributed by atoms with van der Waals surface area (Å²) in [6.07, 6.45) is 1.49. The number of hydrogen-bond donors (Lipinski definition) is 2. The van der Waals surface area contributed by atoms with Crippen molar-refractivity contribution < 1.29 is 8.42 Å². The summed E-state index contributed by atoms with van der Waals surface area (Å²) in [5, 5.41) is 8.91. The molecule has 21 heavy (non-hydrogen) atoms. The lowest BCUT2D eigenvalue weighted by molar-refractivity contribution is 0.591. The van der Waals surface area contributed by atoms with Crippen molar-refractivity contribution in [1.29, 1.82) is 0 Å². The van der Waals surface area contributed by atoms with Gasteiger partial charge in [-0.2, -0.15) is 4.98 Å². The number of hydrogen-bond acceptors (Lipinski definition) is 7. The molecule has 3 rings (SSSR count). The van der Waals surface area contributed by atoms with Crippen LogP contribution >= 0.6 is 11.3 Å². The molecular formula is C13H18N4O2S2. The van der Waals surface area contributed by atoms with E-state index in [2.05, 4.69) is 20.6 Å². The van der Waals surface area contributed by atoms with Gasteiger partial charge in [0.05, 0.1) is 16.4 Å². The van der Waals surface area contributed by atoms with Gasteiger partial charge in [-0.25, -0.2) is 13.4 Å². The smallest absolute Gasteiger partial charge is 0.226 e.